The molecule has 2 aliphatic rings. The van der Waals surface area contributed by atoms with Crippen molar-refractivity contribution < 1.29 is 14.1 Å². The maximum absolute atomic E-state index is 11.6. The Balaban J connectivity index is 1.04. The average molecular weight is 455 g/mol. The first kappa shape index (κ1) is 21.1. The minimum atomic E-state index is 0.0790. The Hall–Kier alpha value is -2.77. The van der Waals surface area contributed by atoms with Crippen LogP contribution in [0.4, 0.5) is 11.5 Å². The molecule has 168 valence electrons. The summed E-state index contributed by atoms with van der Waals surface area (Å²) in [5.74, 6) is 1.78. The number of carbonyl (C=O) groups excluding carboxylic acids is 1. The Kier molecular flexibility index (Phi) is 6.19. The van der Waals surface area contributed by atoms with Crippen molar-refractivity contribution in [1.29, 1.82) is 0 Å². The molecule has 0 atom stereocenters. The summed E-state index contributed by atoms with van der Waals surface area (Å²) in [5.41, 5.74) is 2.84. The molecule has 0 spiro atoms. The van der Waals surface area contributed by atoms with E-state index in [-0.39, 0.29) is 5.91 Å². The quantitative estimate of drug-likeness (QED) is 0.535. The zero-order chi connectivity index (χ0) is 21.9. The number of hydrogen-bond donors (Lipinski definition) is 1. The van der Waals surface area contributed by atoms with Gasteiger partial charge < -0.3 is 19.5 Å². The minimum absolute atomic E-state index is 0.0790. The lowest BCUT2D eigenvalue weighted by atomic mass is 10.0. The molecule has 0 bridgehead atoms. The summed E-state index contributed by atoms with van der Waals surface area (Å²) in [4.78, 5) is 16.3. The van der Waals surface area contributed by atoms with Gasteiger partial charge in [-0.25, -0.2) is 0 Å². The normalized spacial score (nSPS) is 16.8. The molecule has 7 nitrogen and oxygen atoms in total. The molecule has 1 N–H and O–H groups in total. The number of aryl methyl sites for hydroxylation is 1. The maximum atomic E-state index is 11.6. The van der Waals surface area contributed by atoms with E-state index in [1.165, 1.54) is 5.56 Å². The second-order valence-corrected chi connectivity index (χ2v) is 8.83. The highest BCUT2D eigenvalue weighted by Crippen LogP contribution is 2.29. The molecule has 3 heterocycles. The first-order chi connectivity index (χ1) is 15.7. The van der Waals surface area contributed by atoms with Gasteiger partial charge in [-0.2, -0.15) is 0 Å². The Morgan fingerprint density at radius 2 is 1.94 bits per heavy atom. The fourth-order valence-electron chi connectivity index (χ4n) is 4.38. The van der Waals surface area contributed by atoms with Gasteiger partial charge in [0, 0.05) is 49.4 Å². The van der Waals surface area contributed by atoms with Crippen LogP contribution in [0.25, 0.3) is 11.0 Å². The van der Waals surface area contributed by atoms with Crippen LogP contribution in [0.3, 0.4) is 0 Å². The van der Waals surface area contributed by atoms with Gasteiger partial charge in [-0.1, -0.05) is 22.8 Å². The molecule has 2 aromatic carbocycles. The molecule has 5 rings (SSSR count). The number of aromatic nitrogens is 1. The fourth-order valence-corrected chi connectivity index (χ4v) is 4.55. The molecule has 8 heteroatoms. The van der Waals surface area contributed by atoms with E-state index in [1.807, 2.05) is 30.3 Å². The standard InChI is InChI=1S/C24H27ClN4O3/c25-18-5-7-22-20(15-18)24(27-32-22)29-12-10-28(11-13-29)9-1-2-14-31-19-6-3-17-4-8-23(30)26-21(17)16-19/h3,5-7,15-16H,1-2,4,8-14H2,(H,26,30). The Bertz CT molecular complexity index is 1110. The van der Waals surface area contributed by atoms with E-state index in [1.54, 1.807) is 0 Å². The molecule has 1 saturated heterocycles. The molecule has 0 saturated carbocycles. The van der Waals surface area contributed by atoms with Crippen LogP contribution >= 0.6 is 11.6 Å². The molecule has 0 unspecified atom stereocenters. The van der Waals surface area contributed by atoms with Crippen molar-refractivity contribution in [2.75, 3.05) is 49.5 Å². The van der Waals surface area contributed by atoms with Crippen LogP contribution in [0.15, 0.2) is 40.9 Å². The van der Waals surface area contributed by atoms with Crippen LogP contribution in [0.1, 0.15) is 24.8 Å². The summed E-state index contributed by atoms with van der Waals surface area (Å²) in [6, 6.07) is 11.6. The van der Waals surface area contributed by atoms with Crippen LogP contribution in [0.2, 0.25) is 5.02 Å². The summed E-state index contributed by atoms with van der Waals surface area (Å²) >= 11 is 6.15. The summed E-state index contributed by atoms with van der Waals surface area (Å²) in [7, 11) is 0. The van der Waals surface area contributed by atoms with Crippen LogP contribution in [-0.2, 0) is 11.2 Å². The second kappa shape index (κ2) is 9.38. The average Bonchev–Trinajstić information content (AvgIpc) is 3.22. The SMILES string of the molecule is O=C1CCc2ccc(OCCCCN3CCN(c4noc5ccc(Cl)cc45)CC3)cc2N1. The Morgan fingerprint density at radius 3 is 2.81 bits per heavy atom. The van der Waals surface area contributed by atoms with E-state index in [2.05, 4.69) is 26.3 Å². The predicted molar refractivity (Wildman–Crippen MR) is 126 cm³/mol. The van der Waals surface area contributed by atoms with Crippen molar-refractivity contribution in [2.24, 2.45) is 0 Å². The van der Waals surface area contributed by atoms with Crippen LogP contribution < -0.4 is 15.0 Å². The first-order valence-electron chi connectivity index (χ1n) is 11.2. The summed E-state index contributed by atoms with van der Waals surface area (Å²) in [6.07, 6.45) is 3.45. The number of amides is 1. The highest BCUT2D eigenvalue weighted by atomic mass is 35.5. The van der Waals surface area contributed by atoms with Gasteiger partial charge in [0.2, 0.25) is 5.91 Å². The minimum Gasteiger partial charge on any atom is -0.494 e. The van der Waals surface area contributed by atoms with Gasteiger partial charge in [0.1, 0.15) is 5.75 Å². The third kappa shape index (κ3) is 4.69. The van der Waals surface area contributed by atoms with Crippen molar-refractivity contribution in [2.45, 2.75) is 25.7 Å². The number of halogens is 1. The molecule has 3 aromatic rings. The van der Waals surface area contributed by atoms with E-state index in [4.69, 9.17) is 20.9 Å². The topological polar surface area (TPSA) is 70.8 Å². The van der Waals surface area contributed by atoms with Gasteiger partial charge in [-0.3, -0.25) is 9.69 Å². The number of carbonyl (C=O) groups is 1. The number of hydrogen-bond acceptors (Lipinski definition) is 6. The van der Waals surface area contributed by atoms with Crippen molar-refractivity contribution in [3.63, 3.8) is 0 Å². The van der Waals surface area contributed by atoms with Gasteiger partial charge >= 0.3 is 0 Å². The zero-order valence-corrected chi connectivity index (χ0v) is 18.7. The number of anilines is 2. The van der Waals surface area contributed by atoms with Crippen LogP contribution in [-0.4, -0.2) is 55.3 Å². The lowest BCUT2D eigenvalue weighted by Gasteiger charge is -2.34. The number of piperazine rings is 1. The Morgan fingerprint density at radius 1 is 1.06 bits per heavy atom. The molecule has 0 aliphatic carbocycles. The van der Waals surface area contributed by atoms with E-state index in [9.17, 15) is 4.79 Å². The number of ether oxygens (including phenoxy) is 1. The van der Waals surface area contributed by atoms with Gasteiger partial charge in [0.15, 0.2) is 11.4 Å². The van der Waals surface area contributed by atoms with Crippen LogP contribution in [0, 0.1) is 0 Å². The van der Waals surface area contributed by atoms with Crippen LogP contribution in [0.5, 0.6) is 5.75 Å². The number of rotatable bonds is 7. The number of nitrogens with one attached hydrogen (secondary N) is 1. The molecule has 32 heavy (non-hydrogen) atoms. The fraction of sp³-hybridized carbons (Fsp3) is 0.417. The monoisotopic (exact) mass is 454 g/mol. The number of nitrogens with zero attached hydrogens (tertiary/aromatic N) is 3. The number of fused-ring (bicyclic) bond motifs is 2. The van der Waals surface area contributed by atoms with Gasteiger partial charge in [0.25, 0.3) is 0 Å². The van der Waals surface area contributed by atoms with Crippen molar-refractivity contribution >= 4 is 40.0 Å². The summed E-state index contributed by atoms with van der Waals surface area (Å²) in [5, 5.41) is 8.86. The van der Waals surface area contributed by atoms with E-state index < -0.39 is 0 Å². The van der Waals surface area contributed by atoms with E-state index in [0.717, 1.165) is 80.2 Å². The molecule has 1 fully saturated rings. The third-order valence-corrected chi connectivity index (χ3v) is 6.43. The van der Waals surface area contributed by atoms with Crippen molar-refractivity contribution in [1.82, 2.24) is 10.1 Å². The molecular formula is C24H27ClN4O3. The number of unbranched alkanes of at least 4 members (excludes halogenated alkanes) is 1. The molecule has 0 radical (unpaired) electrons. The predicted octanol–water partition coefficient (Wildman–Crippen LogP) is 4.35. The highest BCUT2D eigenvalue weighted by Gasteiger charge is 2.21. The van der Waals surface area contributed by atoms with Gasteiger partial charge in [-0.05, 0) is 55.6 Å². The molecule has 2 aliphatic heterocycles. The molecular weight excluding hydrogens is 428 g/mol. The largest absolute Gasteiger partial charge is 0.494 e. The second-order valence-electron chi connectivity index (χ2n) is 8.40. The molecule has 1 amide bonds. The van der Waals surface area contributed by atoms with E-state index >= 15 is 0 Å². The summed E-state index contributed by atoms with van der Waals surface area (Å²) < 4.78 is 11.4. The smallest absolute Gasteiger partial charge is 0.224 e. The number of benzene rings is 2. The zero-order valence-electron chi connectivity index (χ0n) is 18.0. The maximum Gasteiger partial charge on any atom is 0.224 e. The third-order valence-electron chi connectivity index (χ3n) is 6.20. The highest BCUT2D eigenvalue weighted by molar-refractivity contribution is 6.31. The van der Waals surface area contributed by atoms with Gasteiger partial charge in [0.05, 0.1) is 12.0 Å². The first-order valence-corrected chi connectivity index (χ1v) is 11.6. The summed E-state index contributed by atoms with van der Waals surface area (Å²) in [6.45, 7) is 5.58. The van der Waals surface area contributed by atoms with E-state index in [0.29, 0.717) is 18.1 Å². The van der Waals surface area contributed by atoms with Gasteiger partial charge in [-0.15, -0.1) is 0 Å². The van der Waals surface area contributed by atoms with Crippen molar-refractivity contribution in [3.05, 3.63) is 47.0 Å². The lowest BCUT2D eigenvalue weighted by Crippen LogP contribution is -2.46. The lowest BCUT2D eigenvalue weighted by molar-refractivity contribution is -0.116. The Labute approximate surface area is 192 Å². The van der Waals surface area contributed by atoms with Crippen molar-refractivity contribution in [3.8, 4) is 5.75 Å². The molecule has 1 aromatic heterocycles.